The first kappa shape index (κ1) is 9.93. The van der Waals surface area contributed by atoms with Crippen molar-refractivity contribution in [2.24, 2.45) is 11.1 Å². The monoisotopic (exact) mass is 211 g/mol. The fourth-order valence-corrected chi connectivity index (χ4v) is 2.68. The number of anilines is 1. The molecule has 1 aliphatic carbocycles. The number of hydrogen-bond acceptors (Lipinski definition) is 4. The third kappa shape index (κ3) is 2.07. The normalized spacial score (nSPS) is 19.8. The van der Waals surface area contributed by atoms with E-state index in [1.165, 1.54) is 25.7 Å². The van der Waals surface area contributed by atoms with Crippen molar-refractivity contribution in [3.05, 3.63) is 11.6 Å². The Balaban J connectivity index is 1.89. The Morgan fingerprint density at radius 3 is 2.86 bits per heavy atom. The van der Waals surface area contributed by atoms with Gasteiger partial charge in [0, 0.05) is 18.1 Å². The molecule has 2 rings (SSSR count). The summed E-state index contributed by atoms with van der Waals surface area (Å²) < 4.78 is 0. The van der Waals surface area contributed by atoms with E-state index in [4.69, 9.17) is 5.73 Å². The molecule has 1 aliphatic rings. The minimum Gasteiger partial charge on any atom is -0.361 e. The highest BCUT2D eigenvalue weighted by Gasteiger charge is 2.32. The largest absolute Gasteiger partial charge is 0.361 e. The molecule has 78 valence electrons. The Hall–Kier alpha value is -0.610. The molecule has 0 amide bonds. The number of nitrogens with zero attached hydrogens (tertiary/aromatic N) is 1. The molecule has 14 heavy (non-hydrogen) atoms. The molecule has 1 heterocycles. The Labute approximate surface area is 88.7 Å². The molecule has 3 N–H and O–H groups in total. The molecule has 0 saturated heterocycles. The number of thiazole rings is 1. The summed E-state index contributed by atoms with van der Waals surface area (Å²) in [6.45, 7) is 1.78. The molecule has 0 aromatic carbocycles. The lowest BCUT2D eigenvalue weighted by molar-refractivity contribution is 0.332. The van der Waals surface area contributed by atoms with Crippen LogP contribution >= 0.6 is 11.3 Å². The molecule has 0 radical (unpaired) electrons. The van der Waals surface area contributed by atoms with Gasteiger partial charge in [0.05, 0.1) is 0 Å². The summed E-state index contributed by atoms with van der Waals surface area (Å²) in [7, 11) is 0. The molecular weight excluding hydrogens is 194 g/mol. The van der Waals surface area contributed by atoms with Crippen LogP contribution in [0.25, 0.3) is 0 Å². The van der Waals surface area contributed by atoms with Gasteiger partial charge in [0.1, 0.15) is 0 Å². The molecule has 1 saturated carbocycles. The van der Waals surface area contributed by atoms with Gasteiger partial charge in [-0.05, 0) is 24.8 Å². The summed E-state index contributed by atoms with van der Waals surface area (Å²) in [6.07, 6.45) is 7.02. The first-order valence-electron chi connectivity index (χ1n) is 5.18. The van der Waals surface area contributed by atoms with Crippen molar-refractivity contribution in [1.29, 1.82) is 0 Å². The summed E-state index contributed by atoms with van der Waals surface area (Å²) >= 11 is 1.65. The van der Waals surface area contributed by atoms with Crippen LogP contribution < -0.4 is 11.1 Å². The highest BCUT2D eigenvalue weighted by molar-refractivity contribution is 7.13. The lowest BCUT2D eigenvalue weighted by Crippen LogP contribution is -2.34. The summed E-state index contributed by atoms with van der Waals surface area (Å²) in [5, 5.41) is 6.40. The lowest BCUT2D eigenvalue weighted by Gasteiger charge is -2.27. The molecule has 0 aliphatic heterocycles. The second-order valence-electron chi connectivity index (χ2n) is 4.10. The lowest BCUT2D eigenvalue weighted by atomic mass is 9.86. The van der Waals surface area contributed by atoms with Crippen molar-refractivity contribution >= 4 is 16.5 Å². The zero-order valence-corrected chi connectivity index (χ0v) is 9.15. The van der Waals surface area contributed by atoms with E-state index in [1.807, 2.05) is 11.6 Å². The second-order valence-corrected chi connectivity index (χ2v) is 5.00. The van der Waals surface area contributed by atoms with E-state index in [2.05, 4.69) is 10.3 Å². The van der Waals surface area contributed by atoms with Crippen LogP contribution in [0.4, 0.5) is 5.13 Å². The van der Waals surface area contributed by atoms with Crippen LogP contribution in [0.1, 0.15) is 25.7 Å². The van der Waals surface area contributed by atoms with Gasteiger partial charge >= 0.3 is 0 Å². The molecule has 3 nitrogen and oxygen atoms in total. The van der Waals surface area contributed by atoms with Crippen LogP contribution in [-0.4, -0.2) is 18.1 Å². The highest BCUT2D eigenvalue weighted by atomic mass is 32.1. The van der Waals surface area contributed by atoms with Crippen LogP contribution in [0.5, 0.6) is 0 Å². The quantitative estimate of drug-likeness (QED) is 0.801. The Kier molecular flexibility index (Phi) is 3.03. The summed E-state index contributed by atoms with van der Waals surface area (Å²) in [5.74, 6) is 0. The summed E-state index contributed by atoms with van der Waals surface area (Å²) in [4.78, 5) is 4.21. The predicted molar refractivity (Wildman–Crippen MR) is 60.6 cm³/mol. The van der Waals surface area contributed by atoms with Crippen LogP contribution in [0.2, 0.25) is 0 Å². The molecule has 1 aromatic heterocycles. The van der Waals surface area contributed by atoms with Gasteiger partial charge in [0.15, 0.2) is 5.13 Å². The van der Waals surface area contributed by atoms with Crippen LogP contribution in [0, 0.1) is 5.41 Å². The molecular formula is C10H17N3S. The maximum absolute atomic E-state index is 5.85. The van der Waals surface area contributed by atoms with Gasteiger partial charge in [-0.25, -0.2) is 4.98 Å². The number of nitrogens with one attached hydrogen (secondary N) is 1. The third-order valence-electron chi connectivity index (χ3n) is 3.14. The Morgan fingerprint density at radius 1 is 1.50 bits per heavy atom. The van der Waals surface area contributed by atoms with E-state index >= 15 is 0 Å². The molecule has 1 aromatic rings. The van der Waals surface area contributed by atoms with E-state index in [9.17, 15) is 0 Å². The second kappa shape index (κ2) is 4.28. The Bertz CT molecular complexity index is 265. The van der Waals surface area contributed by atoms with E-state index in [0.717, 1.165) is 18.2 Å². The highest BCUT2D eigenvalue weighted by Crippen LogP contribution is 2.37. The molecule has 4 heteroatoms. The van der Waals surface area contributed by atoms with Crippen LogP contribution in [0.15, 0.2) is 11.6 Å². The maximum Gasteiger partial charge on any atom is 0.182 e. The predicted octanol–water partition coefficient (Wildman–Crippen LogP) is 2.07. The summed E-state index contributed by atoms with van der Waals surface area (Å²) in [6, 6.07) is 0. The Morgan fingerprint density at radius 2 is 2.29 bits per heavy atom. The number of hydrogen-bond donors (Lipinski definition) is 2. The van der Waals surface area contributed by atoms with Gasteiger partial charge in [0.2, 0.25) is 0 Å². The first-order chi connectivity index (χ1) is 6.85. The molecule has 0 spiro atoms. The molecule has 1 fully saturated rings. The van der Waals surface area contributed by atoms with Crippen molar-refractivity contribution in [2.75, 3.05) is 18.4 Å². The van der Waals surface area contributed by atoms with Gasteiger partial charge < -0.3 is 11.1 Å². The van der Waals surface area contributed by atoms with Crippen LogP contribution in [-0.2, 0) is 0 Å². The topological polar surface area (TPSA) is 50.9 Å². The number of nitrogens with two attached hydrogens (primary N) is 1. The number of aromatic nitrogens is 1. The van der Waals surface area contributed by atoms with Gasteiger partial charge in [-0.2, -0.15) is 0 Å². The van der Waals surface area contributed by atoms with E-state index in [0.29, 0.717) is 5.41 Å². The molecule has 0 unspecified atom stereocenters. The van der Waals surface area contributed by atoms with Crippen molar-refractivity contribution in [3.63, 3.8) is 0 Å². The average Bonchev–Trinajstić information content (AvgIpc) is 2.87. The zero-order valence-electron chi connectivity index (χ0n) is 8.33. The van der Waals surface area contributed by atoms with Gasteiger partial charge in [-0.1, -0.05) is 12.8 Å². The average molecular weight is 211 g/mol. The van der Waals surface area contributed by atoms with Crippen molar-refractivity contribution in [2.45, 2.75) is 25.7 Å². The first-order valence-corrected chi connectivity index (χ1v) is 6.06. The van der Waals surface area contributed by atoms with Gasteiger partial charge in [-0.3, -0.25) is 0 Å². The van der Waals surface area contributed by atoms with Crippen molar-refractivity contribution < 1.29 is 0 Å². The minimum absolute atomic E-state index is 0.339. The SMILES string of the molecule is NCC1(CNc2nccs2)CCCC1. The van der Waals surface area contributed by atoms with Gasteiger partial charge in [0.25, 0.3) is 0 Å². The van der Waals surface area contributed by atoms with E-state index in [1.54, 1.807) is 11.3 Å². The summed E-state index contributed by atoms with van der Waals surface area (Å²) in [5.41, 5.74) is 6.19. The van der Waals surface area contributed by atoms with Crippen molar-refractivity contribution in [3.8, 4) is 0 Å². The number of rotatable bonds is 4. The van der Waals surface area contributed by atoms with Crippen molar-refractivity contribution in [1.82, 2.24) is 4.98 Å². The van der Waals surface area contributed by atoms with E-state index < -0.39 is 0 Å². The zero-order chi connectivity index (χ0) is 9.86. The fourth-order valence-electron chi connectivity index (χ4n) is 2.15. The fraction of sp³-hybridized carbons (Fsp3) is 0.700. The molecule has 0 atom stereocenters. The smallest absolute Gasteiger partial charge is 0.182 e. The van der Waals surface area contributed by atoms with Crippen LogP contribution in [0.3, 0.4) is 0 Å². The maximum atomic E-state index is 5.85. The van der Waals surface area contributed by atoms with E-state index in [-0.39, 0.29) is 0 Å². The molecule has 0 bridgehead atoms. The standard InChI is InChI=1S/C10H17N3S/c11-7-10(3-1-2-4-10)8-13-9-12-5-6-14-9/h5-6H,1-4,7-8,11H2,(H,12,13). The third-order valence-corrected chi connectivity index (χ3v) is 3.87. The van der Waals surface area contributed by atoms with Gasteiger partial charge in [-0.15, -0.1) is 11.3 Å². The minimum atomic E-state index is 0.339.